The Balaban J connectivity index is 1.95. The van der Waals surface area contributed by atoms with E-state index in [0.29, 0.717) is 6.42 Å². The Hall–Kier alpha value is -1.75. The first-order valence-corrected chi connectivity index (χ1v) is 8.75. The normalized spacial score (nSPS) is 23.5. The van der Waals surface area contributed by atoms with E-state index >= 15 is 0 Å². The number of hydrogen-bond donors (Lipinski definition) is 1. The smallest absolute Gasteiger partial charge is 0.266 e. The van der Waals surface area contributed by atoms with E-state index in [-0.39, 0.29) is 5.91 Å². The molecule has 3 rings (SSSR count). The first-order valence-electron chi connectivity index (χ1n) is 8.75. The van der Waals surface area contributed by atoms with Gasteiger partial charge in [0, 0.05) is 38.2 Å². The van der Waals surface area contributed by atoms with Crippen molar-refractivity contribution in [1.82, 2.24) is 10.2 Å². The molecule has 1 atom stereocenters. The summed E-state index contributed by atoms with van der Waals surface area (Å²) in [6.07, 6.45) is 1.54. The quantitative estimate of drug-likeness (QED) is 0.901. The molecule has 1 unspecified atom stereocenters. The monoisotopic (exact) mass is 332 g/mol. The van der Waals surface area contributed by atoms with Crippen LogP contribution in [0.15, 0.2) is 0 Å². The largest absolute Gasteiger partial charge is 0.496 e. The number of ether oxygens (including phenoxy) is 2. The Kier molecular flexibility index (Phi) is 4.47. The van der Waals surface area contributed by atoms with Gasteiger partial charge in [0.15, 0.2) is 5.60 Å². The van der Waals surface area contributed by atoms with E-state index in [2.05, 4.69) is 26.1 Å². The highest BCUT2D eigenvalue weighted by Crippen LogP contribution is 2.44. The first kappa shape index (κ1) is 17.1. The van der Waals surface area contributed by atoms with Crippen LogP contribution in [0, 0.1) is 20.8 Å². The van der Waals surface area contributed by atoms with Crippen molar-refractivity contribution in [3.63, 3.8) is 0 Å². The highest BCUT2D eigenvalue weighted by atomic mass is 16.5. The topological polar surface area (TPSA) is 50.8 Å². The Morgan fingerprint density at radius 1 is 1.17 bits per heavy atom. The van der Waals surface area contributed by atoms with E-state index in [1.54, 1.807) is 7.11 Å². The molecule has 2 aliphatic heterocycles. The predicted octanol–water partition coefficient (Wildman–Crippen LogP) is 2.14. The molecule has 0 saturated carbocycles. The number of methoxy groups -OCH3 is 1. The maximum atomic E-state index is 13.0. The zero-order chi connectivity index (χ0) is 17.5. The molecule has 5 heteroatoms. The third-order valence-electron chi connectivity index (χ3n) is 5.55. The summed E-state index contributed by atoms with van der Waals surface area (Å²) in [5.74, 6) is 1.93. The fourth-order valence-electron chi connectivity index (χ4n) is 3.89. The van der Waals surface area contributed by atoms with E-state index in [9.17, 15) is 4.79 Å². The number of nitrogens with zero attached hydrogens (tertiary/aromatic N) is 1. The fraction of sp³-hybridized carbons (Fsp3) is 0.632. The molecular formula is C19H28N2O3. The minimum atomic E-state index is -0.775. The van der Waals surface area contributed by atoms with Gasteiger partial charge in [0.2, 0.25) is 0 Å². The Morgan fingerprint density at radius 3 is 2.46 bits per heavy atom. The van der Waals surface area contributed by atoms with Crippen LogP contribution in [0.3, 0.4) is 0 Å². The fourth-order valence-corrected chi connectivity index (χ4v) is 3.89. The molecule has 1 N–H and O–H groups in total. The van der Waals surface area contributed by atoms with Gasteiger partial charge in [0.25, 0.3) is 5.91 Å². The maximum absolute atomic E-state index is 13.0. The molecule has 1 aromatic carbocycles. The lowest BCUT2D eigenvalue weighted by Gasteiger charge is -2.40. The second-order valence-corrected chi connectivity index (χ2v) is 7.09. The van der Waals surface area contributed by atoms with E-state index in [0.717, 1.165) is 60.8 Å². The van der Waals surface area contributed by atoms with Gasteiger partial charge in [-0.25, -0.2) is 0 Å². The summed E-state index contributed by atoms with van der Waals surface area (Å²) >= 11 is 0. The van der Waals surface area contributed by atoms with Crippen molar-refractivity contribution in [2.24, 2.45) is 0 Å². The third kappa shape index (κ3) is 2.65. The van der Waals surface area contributed by atoms with Crippen LogP contribution in [0.1, 0.15) is 35.6 Å². The highest BCUT2D eigenvalue weighted by Gasteiger charge is 2.43. The van der Waals surface area contributed by atoms with Crippen LogP contribution in [0.2, 0.25) is 0 Å². The number of fused-ring (bicyclic) bond motifs is 1. The molecule has 1 fully saturated rings. The van der Waals surface area contributed by atoms with Crippen LogP contribution in [-0.4, -0.2) is 49.7 Å². The van der Waals surface area contributed by atoms with Crippen LogP contribution in [0.25, 0.3) is 0 Å². The molecule has 1 aromatic rings. The Bertz CT molecular complexity index is 665. The second-order valence-electron chi connectivity index (χ2n) is 7.09. The maximum Gasteiger partial charge on any atom is 0.266 e. The molecule has 2 aliphatic rings. The SMILES string of the molecule is COc1c(C)c(C)c2c(c1C)CCC(C)(C(=O)N1CCNCC1)O2. The van der Waals surface area contributed by atoms with Gasteiger partial charge in [0.05, 0.1) is 7.11 Å². The minimum Gasteiger partial charge on any atom is -0.496 e. The standard InChI is InChI=1S/C19H28N2O3/c1-12-13(2)17-15(14(3)16(12)23-5)6-7-19(4,24-17)18(22)21-10-8-20-9-11-21/h20H,6-11H2,1-5H3. The van der Waals surface area contributed by atoms with Gasteiger partial charge in [-0.3, -0.25) is 4.79 Å². The Labute approximate surface area is 144 Å². The molecule has 1 amide bonds. The van der Waals surface area contributed by atoms with Crippen molar-refractivity contribution in [1.29, 1.82) is 0 Å². The van der Waals surface area contributed by atoms with E-state index in [1.807, 2.05) is 11.8 Å². The van der Waals surface area contributed by atoms with E-state index < -0.39 is 5.60 Å². The molecule has 132 valence electrons. The third-order valence-corrected chi connectivity index (χ3v) is 5.55. The number of benzene rings is 1. The van der Waals surface area contributed by atoms with Gasteiger partial charge in [-0.1, -0.05) is 0 Å². The van der Waals surface area contributed by atoms with Crippen LogP contribution in [0.5, 0.6) is 11.5 Å². The van der Waals surface area contributed by atoms with E-state index in [1.165, 1.54) is 5.56 Å². The van der Waals surface area contributed by atoms with Crippen LogP contribution >= 0.6 is 0 Å². The van der Waals surface area contributed by atoms with Crippen molar-refractivity contribution < 1.29 is 14.3 Å². The second kappa shape index (κ2) is 6.28. The molecule has 0 radical (unpaired) electrons. The summed E-state index contributed by atoms with van der Waals surface area (Å²) in [7, 11) is 1.71. The molecule has 1 saturated heterocycles. The van der Waals surface area contributed by atoms with Gasteiger partial charge in [0.1, 0.15) is 11.5 Å². The summed E-state index contributed by atoms with van der Waals surface area (Å²) in [5, 5.41) is 3.29. The van der Waals surface area contributed by atoms with Gasteiger partial charge < -0.3 is 19.7 Å². The summed E-state index contributed by atoms with van der Waals surface area (Å²) in [6, 6.07) is 0. The predicted molar refractivity (Wildman–Crippen MR) is 94.0 cm³/mol. The Morgan fingerprint density at radius 2 is 1.83 bits per heavy atom. The van der Waals surface area contributed by atoms with Crippen LogP contribution in [-0.2, 0) is 11.2 Å². The summed E-state index contributed by atoms with van der Waals surface area (Å²) < 4.78 is 11.9. The number of hydrogen-bond acceptors (Lipinski definition) is 4. The molecule has 24 heavy (non-hydrogen) atoms. The summed E-state index contributed by atoms with van der Waals surface area (Å²) in [4.78, 5) is 15.0. The van der Waals surface area contributed by atoms with Crippen LogP contribution in [0.4, 0.5) is 0 Å². The van der Waals surface area contributed by atoms with Crippen molar-refractivity contribution in [2.45, 2.75) is 46.1 Å². The number of nitrogens with one attached hydrogen (secondary N) is 1. The average molecular weight is 332 g/mol. The molecule has 0 aliphatic carbocycles. The zero-order valence-electron chi connectivity index (χ0n) is 15.4. The first-order chi connectivity index (χ1) is 11.4. The molecule has 0 bridgehead atoms. The lowest BCUT2D eigenvalue weighted by atomic mass is 9.86. The molecule has 2 heterocycles. The number of amides is 1. The summed E-state index contributed by atoms with van der Waals surface area (Å²) in [5.41, 5.74) is 3.70. The van der Waals surface area contributed by atoms with Gasteiger partial charge in [-0.05, 0) is 50.8 Å². The van der Waals surface area contributed by atoms with Gasteiger partial charge in [-0.2, -0.15) is 0 Å². The number of carbonyl (C=O) groups excluding carboxylic acids is 1. The van der Waals surface area contributed by atoms with Gasteiger partial charge in [-0.15, -0.1) is 0 Å². The van der Waals surface area contributed by atoms with Crippen molar-refractivity contribution in [3.05, 3.63) is 22.3 Å². The van der Waals surface area contributed by atoms with Crippen molar-refractivity contribution in [2.75, 3.05) is 33.3 Å². The zero-order valence-corrected chi connectivity index (χ0v) is 15.4. The summed E-state index contributed by atoms with van der Waals surface area (Å²) in [6.45, 7) is 11.3. The lowest BCUT2D eigenvalue weighted by molar-refractivity contribution is -0.149. The highest BCUT2D eigenvalue weighted by molar-refractivity contribution is 5.86. The number of rotatable bonds is 2. The van der Waals surface area contributed by atoms with Crippen LogP contribution < -0.4 is 14.8 Å². The number of carbonyl (C=O) groups is 1. The van der Waals surface area contributed by atoms with E-state index in [4.69, 9.17) is 9.47 Å². The van der Waals surface area contributed by atoms with Gasteiger partial charge >= 0.3 is 0 Å². The average Bonchev–Trinajstić information content (AvgIpc) is 2.60. The molecular weight excluding hydrogens is 304 g/mol. The number of piperazine rings is 1. The minimum absolute atomic E-state index is 0.111. The van der Waals surface area contributed by atoms with Crippen molar-refractivity contribution in [3.8, 4) is 11.5 Å². The molecule has 0 aromatic heterocycles. The molecule has 5 nitrogen and oxygen atoms in total. The lowest BCUT2D eigenvalue weighted by Crippen LogP contribution is -2.57. The van der Waals surface area contributed by atoms with Crippen molar-refractivity contribution >= 4 is 5.91 Å². The molecule has 0 spiro atoms.